The van der Waals surface area contributed by atoms with E-state index in [-0.39, 0.29) is 12.3 Å². The highest BCUT2D eigenvalue weighted by Gasteiger charge is 2.21. The molecule has 2 heterocycles. The third-order valence-electron chi connectivity index (χ3n) is 4.81. The lowest BCUT2D eigenvalue weighted by Gasteiger charge is -2.18. The van der Waals surface area contributed by atoms with E-state index in [1.54, 1.807) is 38.6 Å². The van der Waals surface area contributed by atoms with Gasteiger partial charge in [-0.25, -0.2) is 0 Å². The molecule has 0 atom stereocenters. The molecule has 0 aliphatic carbocycles. The van der Waals surface area contributed by atoms with Crippen molar-refractivity contribution in [3.8, 4) is 17.2 Å². The van der Waals surface area contributed by atoms with Crippen LogP contribution in [0.2, 0.25) is 0 Å². The van der Waals surface area contributed by atoms with Crippen LogP contribution >= 0.6 is 0 Å². The summed E-state index contributed by atoms with van der Waals surface area (Å²) in [6.07, 6.45) is 6.40. The molecule has 1 N–H and O–H groups in total. The number of H-pyrrole nitrogens is 1. The number of methoxy groups -OCH3 is 3. The van der Waals surface area contributed by atoms with E-state index in [0.29, 0.717) is 23.8 Å². The molecule has 3 rings (SSSR count). The van der Waals surface area contributed by atoms with Crippen LogP contribution in [0, 0.1) is 0 Å². The van der Waals surface area contributed by atoms with E-state index in [1.807, 2.05) is 31.4 Å². The Morgan fingerprint density at radius 3 is 2.46 bits per heavy atom. The Balaban J connectivity index is 1.80. The van der Waals surface area contributed by atoms with E-state index in [4.69, 9.17) is 14.2 Å². The summed E-state index contributed by atoms with van der Waals surface area (Å²) < 4.78 is 16.4. The van der Waals surface area contributed by atoms with Crippen molar-refractivity contribution in [2.45, 2.75) is 12.8 Å². The maximum atomic E-state index is 12.8. The van der Waals surface area contributed by atoms with Gasteiger partial charge in [0.1, 0.15) is 0 Å². The summed E-state index contributed by atoms with van der Waals surface area (Å²) in [4.78, 5) is 21.7. The van der Waals surface area contributed by atoms with Gasteiger partial charge in [0.15, 0.2) is 11.5 Å². The minimum Gasteiger partial charge on any atom is -0.493 e. The Bertz CT molecular complexity index is 953. The van der Waals surface area contributed by atoms with Crippen molar-refractivity contribution in [3.05, 3.63) is 47.9 Å². The number of rotatable bonds is 8. The van der Waals surface area contributed by atoms with Crippen LogP contribution in [-0.4, -0.2) is 55.7 Å². The van der Waals surface area contributed by atoms with Crippen LogP contribution in [0.3, 0.4) is 0 Å². The van der Waals surface area contributed by atoms with Crippen LogP contribution in [-0.2, 0) is 17.6 Å². The number of ether oxygens (including phenoxy) is 3. The van der Waals surface area contributed by atoms with E-state index < -0.39 is 0 Å². The predicted molar refractivity (Wildman–Crippen MR) is 107 cm³/mol. The maximum Gasteiger partial charge on any atom is 0.226 e. The average molecular weight is 383 g/mol. The fourth-order valence-electron chi connectivity index (χ4n) is 3.23. The lowest BCUT2D eigenvalue weighted by molar-refractivity contribution is -0.129. The van der Waals surface area contributed by atoms with Gasteiger partial charge in [0.05, 0.1) is 33.3 Å². The summed E-state index contributed by atoms with van der Waals surface area (Å²) in [6, 6.07) is 5.77. The van der Waals surface area contributed by atoms with Crippen molar-refractivity contribution in [1.82, 2.24) is 14.9 Å². The molecule has 0 fully saturated rings. The van der Waals surface area contributed by atoms with Crippen molar-refractivity contribution in [2.75, 3.05) is 34.9 Å². The van der Waals surface area contributed by atoms with Gasteiger partial charge >= 0.3 is 0 Å². The van der Waals surface area contributed by atoms with Gasteiger partial charge in [-0.1, -0.05) is 0 Å². The first-order valence-electron chi connectivity index (χ1n) is 9.00. The lowest BCUT2D eigenvalue weighted by atomic mass is 10.1. The number of benzene rings is 1. The smallest absolute Gasteiger partial charge is 0.226 e. The lowest BCUT2D eigenvalue weighted by Crippen LogP contribution is -2.30. The van der Waals surface area contributed by atoms with Crippen LogP contribution in [0.1, 0.15) is 11.1 Å². The quantitative estimate of drug-likeness (QED) is 0.647. The Hall–Kier alpha value is -3.22. The molecular weight excluding hydrogens is 358 g/mol. The fourth-order valence-corrected chi connectivity index (χ4v) is 3.23. The topological polar surface area (TPSA) is 76.7 Å². The Labute approximate surface area is 164 Å². The number of carbonyl (C=O) groups is 1. The number of aromatic nitrogens is 2. The Kier molecular flexibility index (Phi) is 6.03. The van der Waals surface area contributed by atoms with Crippen molar-refractivity contribution >= 4 is 16.8 Å². The van der Waals surface area contributed by atoms with Gasteiger partial charge in [-0.05, 0) is 29.7 Å². The second kappa shape index (κ2) is 8.65. The summed E-state index contributed by atoms with van der Waals surface area (Å²) in [7, 11) is 6.54. The molecule has 2 aromatic heterocycles. The minimum absolute atomic E-state index is 0.0341. The number of carbonyl (C=O) groups excluding carboxylic acids is 1. The number of amides is 1. The van der Waals surface area contributed by atoms with Crippen LogP contribution in [0.25, 0.3) is 10.9 Å². The fraction of sp³-hybridized carbons (Fsp3) is 0.333. The largest absolute Gasteiger partial charge is 0.493 e. The number of hydrogen-bond acceptors (Lipinski definition) is 5. The van der Waals surface area contributed by atoms with Gasteiger partial charge in [-0.15, -0.1) is 0 Å². The molecule has 0 radical (unpaired) electrons. The third-order valence-corrected chi connectivity index (χ3v) is 4.81. The van der Waals surface area contributed by atoms with Gasteiger partial charge in [0.25, 0.3) is 0 Å². The highest BCUT2D eigenvalue weighted by atomic mass is 16.5. The summed E-state index contributed by atoms with van der Waals surface area (Å²) in [5.74, 6) is 1.67. The first-order chi connectivity index (χ1) is 13.6. The molecule has 1 aromatic carbocycles. The number of aromatic amines is 1. The molecule has 28 heavy (non-hydrogen) atoms. The molecule has 0 bridgehead atoms. The van der Waals surface area contributed by atoms with E-state index in [0.717, 1.165) is 28.5 Å². The summed E-state index contributed by atoms with van der Waals surface area (Å²) in [5.41, 5.74) is 2.84. The number of pyridine rings is 1. The second-order valence-electron chi connectivity index (χ2n) is 6.48. The second-order valence-corrected chi connectivity index (χ2v) is 6.48. The number of likely N-dealkylation sites (N-methyl/N-ethyl adjacent to an activating group) is 1. The molecular formula is C21H25N3O4. The standard InChI is InChI=1S/C21H25N3O4/c1-24(10-7-14-5-8-22-9-6-14)18(25)11-15-13-23-16-12-17(26-2)20(27-3)21(28-4)19(15)16/h5-6,8-9,12-13,23H,7,10-11H2,1-4H3. The molecule has 0 unspecified atom stereocenters. The van der Waals surface area contributed by atoms with Gasteiger partial charge < -0.3 is 24.1 Å². The number of hydrogen-bond donors (Lipinski definition) is 1. The molecule has 0 aliphatic heterocycles. The zero-order valence-corrected chi connectivity index (χ0v) is 16.6. The van der Waals surface area contributed by atoms with Crippen molar-refractivity contribution < 1.29 is 19.0 Å². The number of nitrogens with one attached hydrogen (secondary N) is 1. The molecule has 3 aromatic rings. The van der Waals surface area contributed by atoms with Crippen molar-refractivity contribution in [2.24, 2.45) is 0 Å². The predicted octanol–water partition coefficient (Wildman–Crippen LogP) is 2.83. The van der Waals surface area contributed by atoms with E-state index in [1.165, 1.54) is 0 Å². The summed E-state index contributed by atoms with van der Waals surface area (Å²) >= 11 is 0. The summed E-state index contributed by atoms with van der Waals surface area (Å²) in [5, 5.41) is 0.830. The number of fused-ring (bicyclic) bond motifs is 1. The monoisotopic (exact) mass is 383 g/mol. The van der Waals surface area contributed by atoms with E-state index >= 15 is 0 Å². The Morgan fingerprint density at radius 1 is 1.11 bits per heavy atom. The third kappa shape index (κ3) is 3.88. The SMILES string of the molecule is COc1cc2[nH]cc(CC(=O)N(C)CCc3ccncc3)c2c(OC)c1OC. The average Bonchev–Trinajstić information content (AvgIpc) is 3.13. The molecule has 0 spiro atoms. The van der Waals surface area contributed by atoms with Crippen molar-refractivity contribution in [3.63, 3.8) is 0 Å². The zero-order chi connectivity index (χ0) is 20.1. The molecule has 148 valence electrons. The highest BCUT2D eigenvalue weighted by molar-refractivity contribution is 5.96. The summed E-state index contributed by atoms with van der Waals surface area (Å²) in [6.45, 7) is 0.638. The minimum atomic E-state index is 0.0341. The van der Waals surface area contributed by atoms with Gasteiger partial charge in [-0.3, -0.25) is 9.78 Å². The molecule has 1 amide bonds. The highest BCUT2D eigenvalue weighted by Crippen LogP contribution is 2.44. The maximum absolute atomic E-state index is 12.8. The molecule has 7 heteroatoms. The Morgan fingerprint density at radius 2 is 1.82 bits per heavy atom. The van der Waals surface area contributed by atoms with Gasteiger partial charge in [0.2, 0.25) is 11.7 Å². The van der Waals surface area contributed by atoms with Crippen molar-refractivity contribution in [1.29, 1.82) is 0 Å². The molecule has 0 saturated heterocycles. The van der Waals surface area contributed by atoms with E-state index in [2.05, 4.69) is 9.97 Å². The number of nitrogens with zero attached hydrogens (tertiary/aromatic N) is 2. The van der Waals surface area contributed by atoms with Gasteiger partial charge in [-0.2, -0.15) is 0 Å². The first kappa shape index (κ1) is 19.5. The van der Waals surface area contributed by atoms with Crippen LogP contribution < -0.4 is 14.2 Å². The van der Waals surface area contributed by atoms with Crippen LogP contribution in [0.15, 0.2) is 36.8 Å². The zero-order valence-electron chi connectivity index (χ0n) is 16.6. The van der Waals surface area contributed by atoms with Crippen LogP contribution in [0.5, 0.6) is 17.2 Å². The molecule has 0 aliphatic rings. The first-order valence-corrected chi connectivity index (χ1v) is 9.00. The molecule has 7 nitrogen and oxygen atoms in total. The van der Waals surface area contributed by atoms with E-state index in [9.17, 15) is 4.79 Å². The molecule has 0 saturated carbocycles. The normalized spacial score (nSPS) is 10.7. The van der Waals surface area contributed by atoms with Gasteiger partial charge in [0, 0.05) is 43.6 Å². The van der Waals surface area contributed by atoms with Crippen LogP contribution in [0.4, 0.5) is 0 Å².